The van der Waals surface area contributed by atoms with Crippen LogP contribution in [0.1, 0.15) is 12.8 Å². The van der Waals surface area contributed by atoms with Crippen molar-refractivity contribution >= 4 is 11.6 Å². The number of benzene rings is 1. The topological polar surface area (TPSA) is 60.0 Å². The van der Waals surface area contributed by atoms with E-state index < -0.39 is 0 Å². The van der Waals surface area contributed by atoms with Crippen LogP contribution in [0, 0.1) is 0 Å². The van der Waals surface area contributed by atoms with Gasteiger partial charge in [0.25, 0.3) is 0 Å². The molecule has 1 N–H and O–H groups in total. The Bertz CT molecular complexity index is 507. The minimum Gasteiger partial charge on any atom is -0.493 e. The van der Waals surface area contributed by atoms with Crippen LogP contribution in [-0.4, -0.2) is 57.9 Å². The number of likely N-dealkylation sites (tertiary alicyclic amines) is 1. The minimum absolute atomic E-state index is 0.0429. The molecule has 1 heterocycles. The maximum absolute atomic E-state index is 11.9. The Kier molecular flexibility index (Phi) is 5.89. The summed E-state index contributed by atoms with van der Waals surface area (Å²) >= 11 is 0. The third kappa shape index (κ3) is 4.04. The number of methoxy groups -OCH3 is 3. The standard InChI is InChI=1S/C16H24N2O4/c1-20-11-16(19)18-8-4-5-13(10-18)17-12-6-7-14(21-2)15(9-12)22-3/h6-7,9,13,17H,4-5,8,10-11H2,1-3H3/t13-/m1/s1. The molecule has 0 unspecified atom stereocenters. The van der Waals surface area contributed by atoms with Gasteiger partial charge in [-0.25, -0.2) is 0 Å². The first-order chi connectivity index (χ1) is 10.7. The van der Waals surface area contributed by atoms with Crippen molar-refractivity contribution in [2.75, 3.05) is 46.3 Å². The van der Waals surface area contributed by atoms with Crippen LogP contribution in [0.15, 0.2) is 18.2 Å². The van der Waals surface area contributed by atoms with Crippen LogP contribution >= 0.6 is 0 Å². The molecule has 0 radical (unpaired) electrons. The van der Waals surface area contributed by atoms with Crippen LogP contribution in [-0.2, 0) is 9.53 Å². The first-order valence-electron chi connectivity index (χ1n) is 7.43. The minimum atomic E-state index is 0.0429. The molecule has 6 heteroatoms. The van der Waals surface area contributed by atoms with Gasteiger partial charge in [0.15, 0.2) is 11.5 Å². The molecule has 6 nitrogen and oxygen atoms in total. The first kappa shape index (κ1) is 16.4. The average Bonchev–Trinajstić information content (AvgIpc) is 2.55. The smallest absolute Gasteiger partial charge is 0.248 e. The second kappa shape index (κ2) is 7.89. The summed E-state index contributed by atoms with van der Waals surface area (Å²) in [5.74, 6) is 1.44. The molecule has 122 valence electrons. The lowest BCUT2D eigenvalue weighted by atomic mass is 10.1. The molecular formula is C16H24N2O4. The Labute approximate surface area is 131 Å². The zero-order chi connectivity index (χ0) is 15.9. The summed E-state index contributed by atoms with van der Waals surface area (Å²) in [4.78, 5) is 13.8. The van der Waals surface area contributed by atoms with E-state index in [1.54, 1.807) is 21.3 Å². The summed E-state index contributed by atoms with van der Waals surface area (Å²) in [6.45, 7) is 1.63. The second-order valence-electron chi connectivity index (χ2n) is 5.33. The van der Waals surface area contributed by atoms with Crippen LogP contribution < -0.4 is 14.8 Å². The monoisotopic (exact) mass is 308 g/mol. The van der Waals surface area contributed by atoms with E-state index in [0.717, 1.165) is 25.1 Å². The molecule has 0 aromatic heterocycles. The molecule has 22 heavy (non-hydrogen) atoms. The quantitative estimate of drug-likeness (QED) is 0.867. The van der Waals surface area contributed by atoms with Crippen molar-refractivity contribution < 1.29 is 19.0 Å². The Hall–Kier alpha value is -1.95. The summed E-state index contributed by atoms with van der Waals surface area (Å²) in [7, 11) is 4.78. The van der Waals surface area contributed by atoms with Crippen LogP contribution in [0.2, 0.25) is 0 Å². The van der Waals surface area contributed by atoms with Crippen molar-refractivity contribution in [2.24, 2.45) is 0 Å². The van der Waals surface area contributed by atoms with Gasteiger partial charge < -0.3 is 24.4 Å². The maximum Gasteiger partial charge on any atom is 0.248 e. The van der Waals surface area contributed by atoms with Crippen molar-refractivity contribution in [3.8, 4) is 11.5 Å². The summed E-state index contributed by atoms with van der Waals surface area (Å²) in [6, 6.07) is 5.97. The third-order valence-corrected chi connectivity index (χ3v) is 3.80. The zero-order valence-electron chi connectivity index (χ0n) is 13.4. The van der Waals surface area contributed by atoms with Crippen molar-refractivity contribution in [2.45, 2.75) is 18.9 Å². The fourth-order valence-corrected chi connectivity index (χ4v) is 2.70. The van der Waals surface area contributed by atoms with E-state index >= 15 is 0 Å². The molecule has 0 bridgehead atoms. The number of ether oxygens (including phenoxy) is 3. The SMILES string of the molecule is COCC(=O)N1CCC[C@@H](Nc2ccc(OC)c(OC)c2)C1. The fraction of sp³-hybridized carbons (Fsp3) is 0.562. The van der Waals surface area contributed by atoms with Gasteiger partial charge in [0.1, 0.15) is 6.61 Å². The van der Waals surface area contributed by atoms with Crippen LogP contribution in [0.4, 0.5) is 5.69 Å². The molecule has 1 aliphatic heterocycles. The van der Waals surface area contributed by atoms with E-state index in [0.29, 0.717) is 18.0 Å². The highest BCUT2D eigenvalue weighted by Gasteiger charge is 2.23. The number of hydrogen-bond donors (Lipinski definition) is 1. The van der Waals surface area contributed by atoms with E-state index in [-0.39, 0.29) is 18.6 Å². The van der Waals surface area contributed by atoms with Gasteiger partial charge in [-0.2, -0.15) is 0 Å². The van der Waals surface area contributed by atoms with E-state index in [4.69, 9.17) is 14.2 Å². The number of carbonyl (C=O) groups is 1. The Morgan fingerprint density at radius 3 is 2.73 bits per heavy atom. The van der Waals surface area contributed by atoms with Crippen LogP contribution in [0.3, 0.4) is 0 Å². The van der Waals surface area contributed by atoms with Gasteiger partial charge in [0.2, 0.25) is 5.91 Å². The molecule has 0 saturated carbocycles. The number of rotatable bonds is 6. The van der Waals surface area contributed by atoms with Gasteiger partial charge in [0.05, 0.1) is 14.2 Å². The van der Waals surface area contributed by atoms with Crippen LogP contribution in [0.5, 0.6) is 11.5 Å². The van der Waals surface area contributed by atoms with Crippen molar-refractivity contribution in [3.05, 3.63) is 18.2 Å². The summed E-state index contributed by atoms with van der Waals surface area (Å²) in [5, 5.41) is 3.46. The number of hydrogen-bond acceptors (Lipinski definition) is 5. The van der Waals surface area contributed by atoms with Crippen molar-refractivity contribution in [3.63, 3.8) is 0 Å². The average molecular weight is 308 g/mol. The van der Waals surface area contributed by atoms with E-state index in [9.17, 15) is 4.79 Å². The number of anilines is 1. The molecular weight excluding hydrogens is 284 g/mol. The van der Waals surface area contributed by atoms with Gasteiger partial charge in [-0.1, -0.05) is 0 Å². The first-order valence-corrected chi connectivity index (χ1v) is 7.43. The molecule has 1 aromatic carbocycles. The summed E-state index contributed by atoms with van der Waals surface area (Å²) < 4.78 is 15.5. The molecule has 1 aliphatic rings. The molecule has 1 fully saturated rings. The molecule has 1 saturated heterocycles. The predicted octanol–water partition coefficient (Wildman–Crippen LogP) is 1.75. The molecule has 2 rings (SSSR count). The Morgan fingerprint density at radius 2 is 2.05 bits per heavy atom. The van der Waals surface area contributed by atoms with Crippen LogP contribution in [0.25, 0.3) is 0 Å². The summed E-state index contributed by atoms with van der Waals surface area (Å²) in [6.07, 6.45) is 2.02. The van der Waals surface area contributed by atoms with Gasteiger partial charge in [-0.3, -0.25) is 4.79 Å². The number of piperidine rings is 1. The zero-order valence-corrected chi connectivity index (χ0v) is 13.4. The highest BCUT2D eigenvalue weighted by molar-refractivity contribution is 5.77. The lowest BCUT2D eigenvalue weighted by molar-refractivity contribution is -0.136. The maximum atomic E-state index is 11.9. The fourth-order valence-electron chi connectivity index (χ4n) is 2.70. The number of amides is 1. The van der Waals surface area contributed by atoms with Gasteiger partial charge in [-0.05, 0) is 25.0 Å². The van der Waals surface area contributed by atoms with Gasteiger partial charge >= 0.3 is 0 Å². The second-order valence-corrected chi connectivity index (χ2v) is 5.33. The van der Waals surface area contributed by atoms with Crippen molar-refractivity contribution in [1.29, 1.82) is 0 Å². The predicted molar refractivity (Wildman–Crippen MR) is 84.6 cm³/mol. The van der Waals surface area contributed by atoms with E-state index in [1.165, 1.54) is 0 Å². The van der Waals surface area contributed by atoms with Crippen molar-refractivity contribution in [1.82, 2.24) is 4.90 Å². The lowest BCUT2D eigenvalue weighted by Crippen LogP contribution is -2.46. The Balaban J connectivity index is 1.99. The third-order valence-electron chi connectivity index (χ3n) is 3.80. The Morgan fingerprint density at radius 1 is 1.27 bits per heavy atom. The highest BCUT2D eigenvalue weighted by atomic mass is 16.5. The van der Waals surface area contributed by atoms with E-state index in [2.05, 4.69) is 5.32 Å². The molecule has 0 spiro atoms. The lowest BCUT2D eigenvalue weighted by Gasteiger charge is -2.33. The number of carbonyl (C=O) groups excluding carboxylic acids is 1. The number of nitrogens with one attached hydrogen (secondary N) is 1. The molecule has 1 amide bonds. The molecule has 0 aliphatic carbocycles. The normalized spacial score (nSPS) is 18.0. The van der Waals surface area contributed by atoms with Gasteiger partial charge in [0, 0.05) is 38.0 Å². The summed E-state index contributed by atoms with van der Waals surface area (Å²) in [5.41, 5.74) is 0.962. The highest BCUT2D eigenvalue weighted by Crippen LogP contribution is 2.30. The molecule has 1 aromatic rings. The largest absolute Gasteiger partial charge is 0.493 e. The van der Waals surface area contributed by atoms with E-state index in [1.807, 2.05) is 23.1 Å². The number of nitrogens with zero attached hydrogens (tertiary/aromatic N) is 1. The van der Waals surface area contributed by atoms with Gasteiger partial charge in [-0.15, -0.1) is 0 Å². The molecule has 1 atom stereocenters.